The molecule has 0 aliphatic carbocycles. The highest BCUT2D eigenvalue weighted by Gasteiger charge is 2.17. The second-order valence-corrected chi connectivity index (χ2v) is 9.66. The van der Waals surface area contributed by atoms with Crippen molar-refractivity contribution in [1.82, 2.24) is 14.8 Å². The Morgan fingerprint density at radius 3 is 2.45 bits per heavy atom. The average Bonchev–Trinajstić information content (AvgIpc) is 2.98. The zero-order valence-corrected chi connectivity index (χ0v) is 23.0. The smallest absolute Gasteiger partial charge is 0.322 e. The summed E-state index contributed by atoms with van der Waals surface area (Å²) in [6.45, 7) is 5.53. The summed E-state index contributed by atoms with van der Waals surface area (Å²) in [7, 11) is 1.58. The van der Waals surface area contributed by atoms with Gasteiger partial charge in [0.2, 0.25) is 0 Å². The number of benzene rings is 2. The van der Waals surface area contributed by atoms with E-state index in [-0.39, 0.29) is 17.6 Å². The van der Waals surface area contributed by atoms with Crippen molar-refractivity contribution >= 4 is 29.0 Å². The van der Waals surface area contributed by atoms with E-state index in [1.165, 1.54) is 0 Å². The van der Waals surface area contributed by atoms with Gasteiger partial charge in [-0.3, -0.25) is 14.7 Å². The minimum absolute atomic E-state index is 0.223. The maximum atomic E-state index is 13.3. The van der Waals surface area contributed by atoms with Gasteiger partial charge < -0.3 is 30.7 Å². The van der Waals surface area contributed by atoms with Crippen molar-refractivity contribution in [1.29, 1.82) is 0 Å². The number of morpholine rings is 1. The van der Waals surface area contributed by atoms with Gasteiger partial charge in [0.25, 0.3) is 5.91 Å². The van der Waals surface area contributed by atoms with E-state index in [1.54, 1.807) is 48.5 Å². The van der Waals surface area contributed by atoms with Gasteiger partial charge in [-0.1, -0.05) is 36.8 Å². The Hall–Kier alpha value is -4.15. The normalized spacial score (nSPS) is 13.4. The van der Waals surface area contributed by atoms with Crippen LogP contribution in [-0.4, -0.2) is 73.2 Å². The number of hydrogen-bond acceptors (Lipinski definition) is 7. The van der Waals surface area contributed by atoms with Crippen LogP contribution in [0.1, 0.15) is 35.3 Å². The molecule has 0 atom stereocenters. The summed E-state index contributed by atoms with van der Waals surface area (Å²) in [6.07, 6.45) is 4.58. The molecule has 0 bridgehead atoms. The molecule has 1 aliphatic rings. The molecule has 212 valence electrons. The highest BCUT2D eigenvalue weighted by Crippen LogP contribution is 2.24. The Labute approximate surface area is 235 Å². The molecule has 1 aromatic heterocycles. The molecular formula is C30H38N6O4. The van der Waals surface area contributed by atoms with Crippen LogP contribution in [0.3, 0.4) is 0 Å². The zero-order valence-electron chi connectivity index (χ0n) is 23.0. The van der Waals surface area contributed by atoms with Crippen LogP contribution in [0.5, 0.6) is 5.75 Å². The molecule has 4 N–H and O–H groups in total. The highest BCUT2D eigenvalue weighted by atomic mass is 16.5. The number of anilines is 3. The third kappa shape index (κ3) is 8.42. The summed E-state index contributed by atoms with van der Waals surface area (Å²) in [5.41, 5.74) is 8.64. The molecule has 2 aromatic carbocycles. The van der Waals surface area contributed by atoms with Crippen molar-refractivity contribution in [3.8, 4) is 5.75 Å². The number of nitrogen functional groups attached to an aromatic ring is 1. The first-order valence-electron chi connectivity index (χ1n) is 13.6. The van der Waals surface area contributed by atoms with Crippen molar-refractivity contribution < 1.29 is 19.1 Å². The lowest BCUT2D eigenvalue weighted by Crippen LogP contribution is -2.37. The monoisotopic (exact) mass is 546 g/mol. The number of carbonyl (C=O) groups is 2. The van der Waals surface area contributed by atoms with Crippen LogP contribution >= 0.6 is 0 Å². The fraction of sp³-hybridized carbons (Fsp3) is 0.367. The fourth-order valence-electron chi connectivity index (χ4n) is 4.50. The van der Waals surface area contributed by atoms with Crippen LogP contribution < -0.4 is 21.1 Å². The Balaban J connectivity index is 1.37. The summed E-state index contributed by atoms with van der Waals surface area (Å²) in [5.74, 6) is 0.243. The number of nitrogens with one attached hydrogen (secondary N) is 2. The zero-order chi connectivity index (χ0) is 28.2. The van der Waals surface area contributed by atoms with Gasteiger partial charge in [0, 0.05) is 32.4 Å². The number of rotatable bonds is 12. The van der Waals surface area contributed by atoms with Gasteiger partial charge in [-0.05, 0) is 55.3 Å². The molecule has 1 fully saturated rings. The van der Waals surface area contributed by atoms with E-state index >= 15 is 0 Å². The topological polar surface area (TPSA) is 122 Å². The lowest BCUT2D eigenvalue weighted by atomic mass is 10.2. The Morgan fingerprint density at radius 2 is 1.73 bits per heavy atom. The number of aromatic nitrogens is 1. The van der Waals surface area contributed by atoms with Crippen LogP contribution in [0.15, 0.2) is 66.9 Å². The van der Waals surface area contributed by atoms with Crippen LogP contribution in [-0.2, 0) is 11.3 Å². The molecule has 1 aliphatic heterocycles. The summed E-state index contributed by atoms with van der Waals surface area (Å²) in [5, 5.41) is 5.76. The lowest BCUT2D eigenvalue weighted by Gasteiger charge is -2.27. The van der Waals surface area contributed by atoms with Gasteiger partial charge >= 0.3 is 6.03 Å². The predicted octanol–water partition coefficient (Wildman–Crippen LogP) is 4.46. The Bertz CT molecular complexity index is 1250. The van der Waals surface area contributed by atoms with Crippen molar-refractivity contribution in [2.45, 2.75) is 25.8 Å². The molecule has 10 nitrogen and oxygen atoms in total. The minimum Gasteiger partial charge on any atom is -0.495 e. The fourth-order valence-corrected chi connectivity index (χ4v) is 4.50. The van der Waals surface area contributed by atoms with Crippen LogP contribution in [0.2, 0.25) is 0 Å². The number of carbonyl (C=O) groups excluding carboxylic acids is 2. The first kappa shape index (κ1) is 28.8. The molecule has 3 aromatic rings. The molecule has 2 heterocycles. The van der Waals surface area contributed by atoms with Crippen LogP contribution in [0.4, 0.5) is 21.9 Å². The molecule has 4 rings (SSSR count). The van der Waals surface area contributed by atoms with Crippen LogP contribution in [0.25, 0.3) is 0 Å². The van der Waals surface area contributed by atoms with Crippen molar-refractivity contribution in [3.05, 3.63) is 78.1 Å². The van der Waals surface area contributed by atoms with Gasteiger partial charge in [0.05, 0.1) is 37.4 Å². The van der Waals surface area contributed by atoms with Gasteiger partial charge in [-0.25, -0.2) is 4.79 Å². The first-order chi connectivity index (χ1) is 19.5. The number of para-hydroxylation sites is 4. The minimum atomic E-state index is -0.351. The van der Waals surface area contributed by atoms with Crippen molar-refractivity contribution in [3.63, 3.8) is 0 Å². The number of hydrogen-bond donors (Lipinski definition) is 3. The number of amides is 3. The molecule has 3 amide bonds. The maximum Gasteiger partial charge on any atom is 0.322 e. The largest absolute Gasteiger partial charge is 0.495 e. The molecule has 0 saturated carbocycles. The van der Waals surface area contributed by atoms with Gasteiger partial charge in [0.15, 0.2) is 0 Å². The molecule has 0 spiro atoms. The van der Waals surface area contributed by atoms with E-state index < -0.39 is 0 Å². The second kappa shape index (κ2) is 14.9. The molecule has 40 heavy (non-hydrogen) atoms. The van der Waals surface area contributed by atoms with E-state index in [0.717, 1.165) is 57.7 Å². The Morgan fingerprint density at radius 1 is 0.975 bits per heavy atom. The van der Waals surface area contributed by atoms with E-state index in [1.807, 2.05) is 30.3 Å². The summed E-state index contributed by atoms with van der Waals surface area (Å²) < 4.78 is 10.8. The summed E-state index contributed by atoms with van der Waals surface area (Å²) in [6, 6.07) is 17.6. The number of ether oxygens (including phenoxy) is 2. The quantitative estimate of drug-likeness (QED) is 0.226. The van der Waals surface area contributed by atoms with Crippen molar-refractivity contribution in [2.24, 2.45) is 0 Å². The predicted molar refractivity (Wildman–Crippen MR) is 157 cm³/mol. The van der Waals surface area contributed by atoms with E-state index in [9.17, 15) is 9.59 Å². The molecule has 0 radical (unpaired) electrons. The molecule has 0 unspecified atom stereocenters. The first-order valence-corrected chi connectivity index (χ1v) is 13.6. The van der Waals surface area contributed by atoms with Gasteiger partial charge in [-0.2, -0.15) is 0 Å². The van der Waals surface area contributed by atoms with Crippen molar-refractivity contribution in [2.75, 3.05) is 62.9 Å². The van der Waals surface area contributed by atoms with Crippen LogP contribution in [0, 0.1) is 0 Å². The number of methoxy groups -OCH3 is 1. The number of urea groups is 1. The summed E-state index contributed by atoms with van der Waals surface area (Å²) in [4.78, 5) is 34.5. The third-order valence-electron chi connectivity index (χ3n) is 6.78. The number of pyridine rings is 1. The Kier molecular flexibility index (Phi) is 10.7. The standard InChI is InChI=1S/C30H38N6O4/c1-39-28-12-6-5-11-26(28)34-30(38)36(16-8-2-7-15-35-17-19-40-20-18-35)22-23-13-14-27(32-21-23)29(37)33-25-10-4-3-9-24(25)31/h3-6,9-14,21H,2,7-8,15-20,22,31H2,1H3,(H,33,37)(H,34,38). The SMILES string of the molecule is COc1ccccc1NC(=O)N(CCCCCN1CCOCC1)Cc1ccc(C(=O)Nc2ccccc2N)nc1. The number of unbranched alkanes of at least 4 members (excludes halogenated alkanes) is 2. The van der Waals surface area contributed by atoms with Gasteiger partial charge in [-0.15, -0.1) is 0 Å². The molecule has 1 saturated heterocycles. The van der Waals surface area contributed by atoms with E-state index in [2.05, 4.69) is 20.5 Å². The molecular weight excluding hydrogens is 508 g/mol. The lowest BCUT2D eigenvalue weighted by molar-refractivity contribution is 0.0371. The average molecular weight is 547 g/mol. The molecule has 10 heteroatoms. The third-order valence-corrected chi connectivity index (χ3v) is 6.78. The van der Waals surface area contributed by atoms with E-state index in [0.29, 0.717) is 35.9 Å². The summed E-state index contributed by atoms with van der Waals surface area (Å²) >= 11 is 0. The maximum absolute atomic E-state index is 13.3. The highest BCUT2D eigenvalue weighted by molar-refractivity contribution is 6.04. The number of nitrogens with zero attached hydrogens (tertiary/aromatic N) is 3. The number of nitrogens with two attached hydrogens (primary N) is 1. The van der Waals surface area contributed by atoms with E-state index in [4.69, 9.17) is 15.2 Å². The second-order valence-electron chi connectivity index (χ2n) is 9.66. The van der Waals surface area contributed by atoms with Gasteiger partial charge in [0.1, 0.15) is 11.4 Å².